The molecule has 0 radical (unpaired) electrons. The number of furan rings is 4. The van der Waals surface area contributed by atoms with Crippen LogP contribution in [-0.2, 0) is 27.9 Å². The number of hydrogen-bond donors (Lipinski definition) is 0. The summed E-state index contributed by atoms with van der Waals surface area (Å²) in [6.45, 7) is 25.1. The van der Waals surface area contributed by atoms with Crippen molar-refractivity contribution < 1.29 is 45.6 Å². The van der Waals surface area contributed by atoms with Crippen LogP contribution in [0.15, 0.2) is 315 Å². The Kier molecular flexibility index (Phi) is 16.9. The van der Waals surface area contributed by atoms with E-state index in [4.69, 9.17) is 45.6 Å². The van der Waals surface area contributed by atoms with E-state index in [0.717, 1.165) is 165 Å². The molecule has 3 fully saturated rings. The minimum atomic E-state index is -0.456. The third kappa shape index (κ3) is 12.7. The molecule has 562 valence electrons. The van der Waals surface area contributed by atoms with Gasteiger partial charge in [0.25, 0.3) is 0 Å². The first-order chi connectivity index (χ1) is 55.3. The van der Waals surface area contributed by atoms with E-state index in [1.807, 2.05) is 36.4 Å². The van der Waals surface area contributed by atoms with Crippen LogP contribution in [0, 0.1) is 0 Å². The van der Waals surface area contributed by atoms with E-state index in [9.17, 15) is 0 Å². The van der Waals surface area contributed by atoms with Crippen LogP contribution in [0.25, 0.3) is 176 Å². The molecule has 7 heterocycles. The highest BCUT2D eigenvalue weighted by Crippen LogP contribution is 2.45. The van der Waals surface area contributed by atoms with Crippen molar-refractivity contribution in [1.29, 1.82) is 0 Å². The lowest BCUT2D eigenvalue weighted by Crippen LogP contribution is -2.41. The first-order valence-electron chi connectivity index (χ1n) is 39.8. The van der Waals surface area contributed by atoms with Crippen molar-refractivity contribution in [2.75, 3.05) is 0 Å². The van der Waals surface area contributed by atoms with Gasteiger partial charge >= 0.3 is 21.4 Å². The molecular formula is C102H85B3O10. The molecule has 3 aliphatic heterocycles. The number of fused-ring (bicyclic) bond motifs is 15. The molecular weight excluding hydrogens is 1420 g/mol. The fourth-order valence-electron chi connectivity index (χ4n) is 16.6. The smallest absolute Gasteiger partial charge is 0.456 e. The van der Waals surface area contributed by atoms with Crippen molar-refractivity contribution >= 4 is 158 Å². The largest absolute Gasteiger partial charge is 0.494 e. The third-order valence-electron chi connectivity index (χ3n) is 25.2. The first-order valence-corrected chi connectivity index (χ1v) is 39.8. The zero-order chi connectivity index (χ0) is 78.7. The molecule has 15 aromatic carbocycles. The topological polar surface area (TPSA) is 108 Å². The molecule has 3 aliphatic rings. The van der Waals surface area contributed by atoms with E-state index in [1.54, 1.807) is 0 Å². The summed E-state index contributed by atoms with van der Waals surface area (Å²) in [5.41, 5.74) is 19.0. The van der Waals surface area contributed by atoms with Gasteiger partial charge in [-0.1, -0.05) is 206 Å². The second-order valence-electron chi connectivity index (χ2n) is 34.2. The van der Waals surface area contributed by atoms with E-state index >= 15 is 0 Å². The first kappa shape index (κ1) is 72.2. The fraction of sp³-hybridized carbons (Fsp3) is 0.176. The maximum Gasteiger partial charge on any atom is 0.494 e. The Labute approximate surface area is 668 Å². The van der Waals surface area contributed by atoms with Gasteiger partial charge in [-0.15, -0.1) is 0 Å². The highest BCUT2D eigenvalue weighted by atomic mass is 16.7. The normalized spacial score (nSPS) is 16.7. The molecule has 4 aromatic heterocycles. The van der Waals surface area contributed by atoms with Crippen LogP contribution < -0.4 is 16.4 Å². The number of benzene rings is 15. The summed E-state index contributed by atoms with van der Waals surface area (Å²) in [4.78, 5) is 0. The lowest BCUT2D eigenvalue weighted by molar-refractivity contribution is 0.00578. The van der Waals surface area contributed by atoms with Gasteiger partial charge in [0.05, 0.1) is 33.6 Å². The van der Waals surface area contributed by atoms with E-state index in [-0.39, 0.29) is 11.2 Å². The lowest BCUT2D eigenvalue weighted by Gasteiger charge is -2.32. The summed E-state index contributed by atoms with van der Waals surface area (Å²) in [5.74, 6) is 0. The van der Waals surface area contributed by atoms with Crippen molar-refractivity contribution in [2.45, 2.75) is 117 Å². The van der Waals surface area contributed by atoms with Crippen LogP contribution in [0.5, 0.6) is 0 Å². The predicted octanol–water partition coefficient (Wildman–Crippen LogP) is 25.3. The lowest BCUT2D eigenvalue weighted by atomic mass is 9.76. The van der Waals surface area contributed by atoms with Crippen LogP contribution in [0.3, 0.4) is 0 Å². The molecule has 0 spiro atoms. The van der Waals surface area contributed by atoms with E-state index in [1.165, 1.54) is 26.9 Å². The molecule has 0 N–H and O–H groups in total. The Bertz CT molecular complexity index is 7030. The highest BCUT2D eigenvalue weighted by Gasteiger charge is 2.54. The van der Waals surface area contributed by atoms with Crippen molar-refractivity contribution in [3.05, 3.63) is 297 Å². The average molecular weight is 1500 g/mol. The zero-order valence-corrected chi connectivity index (χ0v) is 66.6. The Morgan fingerprint density at radius 3 is 1.05 bits per heavy atom. The molecule has 0 unspecified atom stereocenters. The van der Waals surface area contributed by atoms with Gasteiger partial charge in [-0.3, -0.25) is 0 Å². The summed E-state index contributed by atoms with van der Waals surface area (Å²) in [6, 6.07) is 104. The van der Waals surface area contributed by atoms with E-state index in [0.29, 0.717) is 0 Å². The maximum atomic E-state index is 6.56. The second-order valence-corrected chi connectivity index (χ2v) is 34.2. The molecule has 0 bridgehead atoms. The summed E-state index contributed by atoms with van der Waals surface area (Å²) >= 11 is 0. The number of hydrogen-bond acceptors (Lipinski definition) is 10. The fourth-order valence-corrected chi connectivity index (χ4v) is 16.6. The van der Waals surface area contributed by atoms with Crippen molar-refractivity contribution in [2.24, 2.45) is 0 Å². The Balaban J connectivity index is 0.000000112. The third-order valence-corrected chi connectivity index (χ3v) is 25.2. The Morgan fingerprint density at radius 2 is 0.522 bits per heavy atom. The van der Waals surface area contributed by atoms with Crippen molar-refractivity contribution in [1.82, 2.24) is 0 Å². The van der Waals surface area contributed by atoms with Gasteiger partial charge in [-0.05, 0) is 273 Å². The Hall–Kier alpha value is -11.8. The molecule has 19 aromatic rings. The molecule has 10 nitrogen and oxygen atoms in total. The minimum Gasteiger partial charge on any atom is -0.456 e. The van der Waals surface area contributed by atoms with Crippen LogP contribution >= 0.6 is 0 Å². The quantitative estimate of drug-likeness (QED) is 0.137. The molecule has 0 aliphatic carbocycles. The Morgan fingerprint density at radius 1 is 0.183 bits per heavy atom. The SMILES string of the molecule is CC1(C)OB(c2cc(-c3ccccc3)cc(-c3ccc4oc5cc6ccccc6cc5c4c3)c2)OC1(C)C.CC1(C)OB(c2cc(-c3ccccc3)cc(-c3cccc4c3oc3cc5ccccc5cc34)c2)OC1(C)C.CC1(C)OB(c2ccc3oc4ccc(-c5ccc6cc7oc8ccccc8c7cc6c5)cc4c3c2)OC1(C)C. The van der Waals surface area contributed by atoms with Crippen molar-refractivity contribution in [3.8, 4) is 55.6 Å². The zero-order valence-electron chi connectivity index (χ0n) is 66.6. The molecule has 0 amide bonds. The molecule has 13 heteroatoms. The monoisotopic (exact) mass is 1500 g/mol. The molecule has 0 saturated carbocycles. The molecule has 22 rings (SSSR count). The van der Waals surface area contributed by atoms with Crippen LogP contribution in [0.4, 0.5) is 0 Å². The summed E-state index contributed by atoms with van der Waals surface area (Å²) in [6.07, 6.45) is 0. The molecule has 115 heavy (non-hydrogen) atoms. The van der Waals surface area contributed by atoms with E-state index in [2.05, 4.69) is 344 Å². The standard InChI is InChI=1S/C34H27BO4.2C34H29BO3/c1-33(2)34(3,4)39-35(38-33)24-12-14-31-28(19-24)27-16-21(11-13-30(27)36-31)20-9-10-22-18-32-26(17-23(22)15-20)25-7-5-6-8-29(25)37-32;1-33(2)34(3,4)38-35(37-33)27-18-25(22-11-6-5-7-12-22)17-26(19-27)28-15-10-16-29-30-20-23-13-8-9-14-24(23)21-31(30)36-32(28)29;1-33(2)34(3,4)38-35(37-33)28-17-26(22-10-6-5-7-11-22)16-27(18-28)25-14-15-31-29(20-25)30-19-23-12-8-9-13-24(23)21-32(30)36-31/h5-19H,1-4H3;2*5-21H,1-4H3. The number of para-hydroxylation sites is 2. The van der Waals surface area contributed by atoms with Crippen molar-refractivity contribution in [3.63, 3.8) is 0 Å². The second kappa shape index (κ2) is 26.9. The molecule has 3 saturated heterocycles. The van der Waals surface area contributed by atoms with Gasteiger partial charge in [0.1, 0.15) is 44.7 Å². The van der Waals surface area contributed by atoms with Crippen LogP contribution in [0.2, 0.25) is 0 Å². The number of rotatable bonds is 8. The summed E-state index contributed by atoms with van der Waals surface area (Å²) in [5, 5.41) is 16.0. The van der Waals surface area contributed by atoms with E-state index < -0.39 is 43.8 Å². The maximum absolute atomic E-state index is 6.56. The van der Waals surface area contributed by atoms with Gasteiger partial charge in [0, 0.05) is 48.7 Å². The van der Waals surface area contributed by atoms with Gasteiger partial charge in [0.15, 0.2) is 0 Å². The summed E-state index contributed by atoms with van der Waals surface area (Å²) < 4.78 is 63.6. The van der Waals surface area contributed by atoms with Gasteiger partial charge in [-0.2, -0.15) is 0 Å². The van der Waals surface area contributed by atoms with Crippen LogP contribution in [0.1, 0.15) is 83.1 Å². The van der Waals surface area contributed by atoms with Crippen LogP contribution in [-0.4, -0.2) is 55.0 Å². The highest BCUT2D eigenvalue weighted by molar-refractivity contribution is 6.63. The van der Waals surface area contributed by atoms with Gasteiger partial charge in [0.2, 0.25) is 0 Å². The average Bonchev–Trinajstić information content (AvgIpc) is 1.62. The summed E-state index contributed by atoms with van der Waals surface area (Å²) in [7, 11) is -1.31. The molecule has 0 atom stereocenters. The minimum absolute atomic E-state index is 0.386. The van der Waals surface area contributed by atoms with Gasteiger partial charge in [-0.25, -0.2) is 0 Å². The van der Waals surface area contributed by atoms with Gasteiger partial charge < -0.3 is 45.6 Å². The predicted molar refractivity (Wildman–Crippen MR) is 475 cm³/mol.